The molecule has 0 saturated carbocycles. The normalized spacial score (nSPS) is 12.2. The summed E-state index contributed by atoms with van der Waals surface area (Å²) in [7, 11) is 4.07. The van der Waals surface area contributed by atoms with Crippen molar-refractivity contribution in [2.45, 2.75) is 32.7 Å². The van der Waals surface area contributed by atoms with Gasteiger partial charge < -0.3 is 15.5 Å². The van der Waals surface area contributed by atoms with Gasteiger partial charge in [0.2, 0.25) is 0 Å². The maximum Gasteiger partial charge on any atom is 0.273 e. The number of anilines is 2. The number of nitro benzene ring substituents is 1. The van der Waals surface area contributed by atoms with Gasteiger partial charge in [-0.2, -0.15) is 0 Å². The zero-order chi connectivity index (χ0) is 15.8. The van der Waals surface area contributed by atoms with E-state index in [1.54, 1.807) is 12.1 Å². The average molecular weight is 294 g/mol. The predicted molar refractivity (Wildman–Crippen MR) is 88.1 cm³/mol. The monoisotopic (exact) mass is 294 g/mol. The van der Waals surface area contributed by atoms with Crippen LogP contribution >= 0.6 is 0 Å². The number of non-ortho nitro benzene ring substituents is 1. The second-order valence-electron chi connectivity index (χ2n) is 5.59. The lowest BCUT2D eigenvalue weighted by Crippen LogP contribution is -2.23. The molecular weight excluding hydrogens is 268 g/mol. The van der Waals surface area contributed by atoms with Crippen molar-refractivity contribution in [1.29, 1.82) is 0 Å². The first-order chi connectivity index (χ1) is 9.92. The molecular formula is C15H26N4O2. The van der Waals surface area contributed by atoms with E-state index in [1.165, 1.54) is 0 Å². The standard InChI is InChI=1S/C15H26N4O2/c1-5-7-16-13-9-14(11-15(10-13)19(20)21)17-12(2)6-8-18(3)4/h9-12,16-17H,5-8H2,1-4H3. The van der Waals surface area contributed by atoms with Crippen LogP contribution in [0.25, 0.3) is 0 Å². The highest BCUT2D eigenvalue weighted by Gasteiger charge is 2.11. The molecule has 6 heteroatoms. The third kappa shape index (κ3) is 6.44. The molecule has 1 aromatic carbocycles. The molecule has 2 N–H and O–H groups in total. The van der Waals surface area contributed by atoms with E-state index in [1.807, 2.05) is 20.2 Å². The molecule has 118 valence electrons. The quantitative estimate of drug-likeness (QED) is 0.541. The molecule has 1 aromatic rings. The summed E-state index contributed by atoms with van der Waals surface area (Å²) in [5.41, 5.74) is 1.68. The fourth-order valence-electron chi connectivity index (χ4n) is 1.98. The van der Waals surface area contributed by atoms with Crippen LogP contribution in [0.2, 0.25) is 0 Å². The Balaban J connectivity index is 2.79. The maximum atomic E-state index is 11.0. The van der Waals surface area contributed by atoms with Crippen LogP contribution in [0.4, 0.5) is 17.1 Å². The topological polar surface area (TPSA) is 70.4 Å². The second-order valence-corrected chi connectivity index (χ2v) is 5.59. The lowest BCUT2D eigenvalue weighted by molar-refractivity contribution is -0.384. The van der Waals surface area contributed by atoms with Crippen LogP contribution in [0.1, 0.15) is 26.7 Å². The fourth-order valence-corrected chi connectivity index (χ4v) is 1.98. The van der Waals surface area contributed by atoms with Gasteiger partial charge >= 0.3 is 0 Å². The van der Waals surface area contributed by atoms with E-state index in [4.69, 9.17) is 0 Å². The van der Waals surface area contributed by atoms with Gasteiger partial charge in [0.25, 0.3) is 5.69 Å². The molecule has 0 amide bonds. The number of hydrogen-bond acceptors (Lipinski definition) is 5. The first-order valence-electron chi connectivity index (χ1n) is 7.37. The largest absolute Gasteiger partial charge is 0.385 e. The Hall–Kier alpha value is -1.82. The van der Waals surface area contributed by atoms with Gasteiger partial charge in [-0.1, -0.05) is 6.92 Å². The van der Waals surface area contributed by atoms with E-state index in [0.29, 0.717) is 0 Å². The van der Waals surface area contributed by atoms with Crippen molar-refractivity contribution in [3.63, 3.8) is 0 Å². The number of rotatable bonds is 9. The molecule has 0 bridgehead atoms. The van der Waals surface area contributed by atoms with E-state index in [-0.39, 0.29) is 16.7 Å². The number of nitro groups is 1. The molecule has 0 aliphatic carbocycles. The molecule has 0 heterocycles. The zero-order valence-corrected chi connectivity index (χ0v) is 13.3. The van der Waals surface area contributed by atoms with E-state index < -0.39 is 0 Å². The van der Waals surface area contributed by atoms with Gasteiger partial charge in [-0.15, -0.1) is 0 Å². The molecule has 1 atom stereocenters. The molecule has 0 aromatic heterocycles. The third-order valence-corrected chi connectivity index (χ3v) is 3.13. The number of nitrogens with one attached hydrogen (secondary N) is 2. The van der Waals surface area contributed by atoms with Crippen molar-refractivity contribution in [1.82, 2.24) is 4.90 Å². The Morgan fingerprint density at radius 1 is 1.29 bits per heavy atom. The lowest BCUT2D eigenvalue weighted by atomic mass is 10.2. The first-order valence-corrected chi connectivity index (χ1v) is 7.37. The molecule has 6 nitrogen and oxygen atoms in total. The number of benzene rings is 1. The summed E-state index contributed by atoms with van der Waals surface area (Å²) >= 11 is 0. The Morgan fingerprint density at radius 3 is 2.52 bits per heavy atom. The summed E-state index contributed by atoms with van der Waals surface area (Å²) in [6.07, 6.45) is 1.96. The van der Waals surface area contributed by atoms with E-state index in [2.05, 4.69) is 29.4 Å². The molecule has 0 fully saturated rings. The van der Waals surface area contributed by atoms with Gasteiger partial charge in [-0.3, -0.25) is 10.1 Å². The van der Waals surface area contributed by atoms with Gasteiger partial charge in [-0.05, 0) is 46.5 Å². The van der Waals surface area contributed by atoms with Crippen LogP contribution in [-0.4, -0.2) is 43.0 Å². The van der Waals surface area contributed by atoms with E-state index in [9.17, 15) is 10.1 Å². The summed E-state index contributed by atoms with van der Waals surface area (Å²) in [6.45, 7) is 5.93. The summed E-state index contributed by atoms with van der Waals surface area (Å²) < 4.78 is 0. The number of nitrogens with zero attached hydrogens (tertiary/aromatic N) is 2. The molecule has 1 rings (SSSR count). The van der Waals surface area contributed by atoms with Gasteiger partial charge in [0.15, 0.2) is 0 Å². The minimum absolute atomic E-state index is 0.110. The van der Waals surface area contributed by atoms with Gasteiger partial charge in [0.05, 0.1) is 4.92 Å². The third-order valence-electron chi connectivity index (χ3n) is 3.13. The van der Waals surface area contributed by atoms with Gasteiger partial charge in [0, 0.05) is 36.1 Å². The molecule has 0 radical (unpaired) electrons. The van der Waals surface area contributed by atoms with Gasteiger partial charge in [0.1, 0.15) is 0 Å². The molecule has 0 aliphatic heterocycles. The molecule has 1 unspecified atom stereocenters. The average Bonchev–Trinajstić information content (AvgIpc) is 2.42. The first kappa shape index (κ1) is 17.2. The van der Waals surface area contributed by atoms with Crippen LogP contribution in [0.15, 0.2) is 18.2 Å². The van der Waals surface area contributed by atoms with Crippen molar-refractivity contribution in [2.24, 2.45) is 0 Å². The maximum absolute atomic E-state index is 11.0. The summed E-state index contributed by atoms with van der Waals surface area (Å²) in [6, 6.07) is 5.34. The van der Waals surface area contributed by atoms with Gasteiger partial charge in [-0.25, -0.2) is 0 Å². The molecule has 21 heavy (non-hydrogen) atoms. The van der Waals surface area contributed by atoms with Crippen LogP contribution < -0.4 is 10.6 Å². The minimum Gasteiger partial charge on any atom is -0.385 e. The van der Waals surface area contributed by atoms with E-state index in [0.717, 1.165) is 37.3 Å². The second kappa shape index (κ2) is 8.46. The smallest absolute Gasteiger partial charge is 0.273 e. The summed E-state index contributed by atoms with van der Waals surface area (Å²) in [4.78, 5) is 12.8. The molecule has 0 saturated heterocycles. The van der Waals surface area contributed by atoms with Crippen LogP contribution in [0.5, 0.6) is 0 Å². The van der Waals surface area contributed by atoms with Crippen molar-refractivity contribution < 1.29 is 4.92 Å². The Kier molecular flexibility index (Phi) is 6.94. The summed E-state index contributed by atoms with van der Waals surface area (Å²) in [5, 5.41) is 17.6. The lowest BCUT2D eigenvalue weighted by Gasteiger charge is -2.18. The Labute approximate surface area is 126 Å². The highest BCUT2D eigenvalue weighted by atomic mass is 16.6. The minimum atomic E-state index is -0.354. The highest BCUT2D eigenvalue weighted by Crippen LogP contribution is 2.25. The summed E-state index contributed by atoms with van der Waals surface area (Å²) in [5.74, 6) is 0. The van der Waals surface area contributed by atoms with Crippen molar-refractivity contribution in [2.75, 3.05) is 37.8 Å². The van der Waals surface area contributed by atoms with E-state index >= 15 is 0 Å². The Bertz CT molecular complexity index is 463. The predicted octanol–water partition coefficient (Wildman–Crippen LogP) is 3.17. The molecule has 0 spiro atoms. The fraction of sp³-hybridized carbons (Fsp3) is 0.600. The van der Waals surface area contributed by atoms with Crippen molar-refractivity contribution in [3.05, 3.63) is 28.3 Å². The number of hydrogen-bond donors (Lipinski definition) is 2. The van der Waals surface area contributed by atoms with Crippen LogP contribution in [0, 0.1) is 10.1 Å². The Morgan fingerprint density at radius 2 is 1.95 bits per heavy atom. The van der Waals surface area contributed by atoms with Crippen LogP contribution in [0.3, 0.4) is 0 Å². The highest BCUT2D eigenvalue weighted by molar-refractivity contribution is 5.63. The van der Waals surface area contributed by atoms with Crippen molar-refractivity contribution >= 4 is 17.1 Å². The van der Waals surface area contributed by atoms with Crippen LogP contribution in [-0.2, 0) is 0 Å². The molecule has 0 aliphatic rings. The SMILES string of the molecule is CCCNc1cc(NC(C)CCN(C)C)cc([N+](=O)[O-])c1. The zero-order valence-electron chi connectivity index (χ0n) is 13.3. The van der Waals surface area contributed by atoms with Crippen molar-refractivity contribution in [3.8, 4) is 0 Å².